The minimum atomic E-state index is -0.518. The van der Waals surface area contributed by atoms with E-state index in [1.54, 1.807) is 19.1 Å². The third-order valence-corrected chi connectivity index (χ3v) is 4.24. The summed E-state index contributed by atoms with van der Waals surface area (Å²) in [5.74, 6) is -0.594. The van der Waals surface area contributed by atoms with Crippen LogP contribution >= 0.6 is 0 Å². The molecule has 7 nitrogen and oxygen atoms in total. The topological polar surface area (TPSA) is 97.5 Å². The third-order valence-electron chi connectivity index (χ3n) is 4.24. The first-order valence-corrected chi connectivity index (χ1v) is 9.12. The van der Waals surface area contributed by atoms with Gasteiger partial charge in [0.25, 0.3) is 5.91 Å². The quantitative estimate of drug-likeness (QED) is 0.555. The van der Waals surface area contributed by atoms with Gasteiger partial charge in [-0.25, -0.2) is 4.79 Å². The van der Waals surface area contributed by atoms with Crippen molar-refractivity contribution in [2.24, 2.45) is 0 Å². The van der Waals surface area contributed by atoms with E-state index >= 15 is 0 Å². The van der Waals surface area contributed by atoms with E-state index in [9.17, 15) is 14.4 Å². The molecule has 1 aromatic heterocycles. The third kappa shape index (κ3) is 4.42. The summed E-state index contributed by atoms with van der Waals surface area (Å²) in [6, 6.07) is 4.70. The number of amides is 1. The first kappa shape index (κ1) is 21.2. The monoisotopic (exact) mass is 386 g/mol. The van der Waals surface area contributed by atoms with E-state index in [1.807, 2.05) is 20.8 Å². The molecule has 150 valence electrons. The fourth-order valence-electron chi connectivity index (χ4n) is 3.11. The van der Waals surface area contributed by atoms with Crippen molar-refractivity contribution >= 4 is 23.3 Å². The van der Waals surface area contributed by atoms with E-state index in [2.05, 4.69) is 10.3 Å². The number of rotatable bonds is 7. The molecular formula is C21H26N2O5. The Morgan fingerprint density at radius 1 is 1.21 bits per heavy atom. The lowest BCUT2D eigenvalue weighted by atomic mass is 10.0. The molecule has 7 heteroatoms. The highest BCUT2D eigenvalue weighted by atomic mass is 16.5. The lowest BCUT2D eigenvalue weighted by molar-refractivity contribution is 0.0600. The van der Waals surface area contributed by atoms with Crippen LogP contribution in [0.25, 0.3) is 0 Å². The number of Topliss-reactive ketones (excluding diaryl/α,β-unsaturated/α-hetero) is 1. The number of nitrogens with one attached hydrogen (secondary N) is 2. The first-order valence-electron chi connectivity index (χ1n) is 9.12. The van der Waals surface area contributed by atoms with Crippen molar-refractivity contribution in [1.82, 2.24) is 4.98 Å². The van der Waals surface area contributed by atoms with E-state index in [-0.39, 0.29) is 17.5 Å². The molecule has 0 spiro atoms. The molecule has 0 unspecified atom stereocenters. The Hall–Kier alpha value is -3.09. The summed E-state index contributed by atoms with van der Waals surface area (Å²) >= 11 is 0. The molecule has 2 N–H and O–H groups in total. The van der Waals surface area contributed by atoms with E-state index < -0.39 is 11.9 Å². The van der Waals surface area contributed by atoms with E-state index in [0.29, 0.717) is 40.4 Å². The molecule has 1 amide bonds. The zero-order valence-corrected chi connectivity index (χ0v) is 17.1. The maximum Gasteiger partial charge on any atom is 0.337 e. The Kier molecular flexibility index (Phi) is 6.62. The second kappa shape index (κ2) is 8.73. The number of methoxy groups -OCH3 is 1. The number of benzene rings is 1. The van der Waals surface area contributed by atoms with Crippen molar-refractivity contribution < 1.29 is 23.9 Å². The number of aromatic amines is 1. The van der Waals surface area contributed by atoms with Gasteiger partial charge in [0.1, 0.15) is 11.4 Å². The Balaban J connectivity index is 2.46. The number of esters is 1. The Labute approximate surface area is 164 Å². The van der Waals surface area contributed by atoms with Crippen molar-refractivity contribution in [2.45, 2.75) is 47.1 Å². The summed E-state index contributed by atoms with van der Waals surface area (Å²) < 4.78 is 10.5. The second-order valence-corrected chi connectivity index (χ2v) is 6.71. The maximum absolute atomic E-state index is 12.9. The van der Waals surface area contributed by atoms with Gasteiger partial charge in [-0.15, -0.1) is 0 Å². The molecule has 0 aliphatic rings. The first-order chi connectivity index (χ1) is 13.2. The van der Waals surface area contributed by atoms with E-state index in [0.717, 1.165) is 0 Å². The molecule has 0 fully saturated rings. The predicted octanol–water partition coefficient (Wildman–Crippen LogP) is 3.91. The van der Waals surface area contributed by atoms with Crippen LogP contribution in [0.1, 0.15) is 70.2 Å². The maximum atomic E-state index is 12.9. The smallest absolute Gasteiger partial charge is 0.337 e. The summed E-state index contributed by atoms with van der Waals surface area (Å²) in [6.07, 6.45) is 0.405. The van der Waals surface area contributed by atoms with Gasteiger partial charge in [0.05, 0.1) is 24.5 Å². The van der Waals surface area contributed by atoms with Crippen LogP contribution in [0.4, 0.5) is 5.69 Å². The summed E-state index contributed by atoms with van der Waals surface area (Å²) in [5, 5.41) is 2.79. The Bertz CT molecular complexity index is 912. The van der Waals surface area contributed by atoms with E-state index in [1.165, 1.54) is 20.1 Å². The minimum absolute atomic E-state index is 0.0961. The summed E-state index contributed by atoms with van der Waals surface area (Å²) in [5.41, 5.74) is 2.81. The molecule has 0 bridgehead atoms. The number of ketones is 1. The van der Waals surface area contributed by atoms with Crippen molar-refractivity contribution in [3.8, 4) is 5.75 Å². The number of H-pyrrole nitrogens is 1. The summed E-state index contributed by atoms with van der Waals surface area (Å²) in [6.45, 7) is 8.85. The lowest BCUT2D eigenvalue weighted by Crippen LogP contribution is -2.17. The van der Waals surface area contributed by atoms with Crippen LogP contribution in [0.15, 0.2) is 18.2 Å². The molecule has 1 heterocycles. The average Bonchev–Trinajstić information content (AvgIpc) is 2.98. The van der Waals surface area contributed by atoms with Crippen molar-refractivity contribution in [3.05, 3.63) is 46.3 Å². The lowest BCUT2D eigenvalue weighted by Gasteiger charge is -2.16. The van der Waals surface area contributed by atoms with Crippen LogP contribution in [0.2, 0.25) is 0 Å². The molecule has 28 heavy (non-hydrogen) atoms. The summed E-state index contributed by atoms with van der Waals surface area (Å²) in [7, 11) is 1.29. The van der Waals surface area contributed by atoms with Crippen LogP contribution in [-0.4, -0.2) is 35.9 Å². The number of aryl methyl sites for hydroxylation is 1. The molecule has 2 rings (SSSR count). The van der Waals surface area contributed by atoms with Gasteiger partial charge in [0.2, 0.25) is 0 Å². The minimum Gasteiger partial charge on any atom is -0.489 e. The number of anilines is 1. The van der Waals surface area contributed by atoms with Gasteiger partial charge < -0.3 is 19.8 Å². The SMILES string of the molecule is CCc1c(C(=O)Nc2cc(C(=O)OC)ccc2OC(C)C)[nH]c(C)c1C(C)=O. The number of carbonyl (C=O) groups excluding carboxylic acids is 3. The molecular weight excluding hydrogens is 360 g/mol. The normalized spacial score (nSPS) is 10.7. The van der Waals surface area contributed by atoms with Gasteiger partial charge in [0, 0.05) is 11.3 Å². The van der Waals surface area contributed by atoms with Gasteiger partial charge in [-0.3, -0.25) is 9.59 Å². The molecule has 1 aromatic carbocycles. The fourth-order valence-corrected chi connectivity index (χ4v) is 3.11. The molecule has 0 atom stereocenters. The molecule has 0 aliphatic carbocycles. The molecule has 0 saturated heterocycles. The van der Waals surface area contributed by atoms with Gasteiger partial charge in [-0.1, -0.05) is 6.92 Å². The predicted molar refractivity (Wildman–Crippen MR) is 106 cm³/mol. The number of aromatic nitrogens is 1. The molecule has 0 aliphatic heterocycles. The molecule has 0 radical (unpaired) electrons. The standard InChI is InChI=1S/C21H26N2O5/c1-7-15-18(13(5)24)12(4)22-19(15)20(25)23-16-10-14(21(26)27-6)8-9-17(16)28-11(2)3/h8-11,22H,7H2,1-6H3,(H,23,25). The Morgan fingerprint density at radius 2 is 1.89 bits per heavy atom. The van der Waals surface area contributed by atoms with Crippen molar-refractivity contribution in [3.63, 3.8) is 0 Å². The number of carbonyl (C=O) groups is 3. The number of hydrogen-bond acceptors (Lipinski definition) is 5. The van der Waals surface area contributed by atoms with Crippen LogP contribution in [0.3, 0.4) is 0 Å². The fraction of sp³-hybridized carbons (Fsp3) is 0.381. The zero-order valence-electron chi connectivity index (χ0n) is 17.1. The highest BCUT2D eigenvalue weighted by Gasteiger charge is 2.23. The van der Waals surface area contributed by atoms with Gasteiger partial charge in [-0.2, -0.15) is 0 Å². The van der Waals surface area contributed by atoms with Crippen LogP contribution in [0.5, 0.6) is 5.75 Å². The van der Waals surface area contributed by atoms with Crippen molar-refractivity contribution in [2.75, 3.05) is 12.4 Å². The second-order valence-electron chi connectivity index (χ2n) is 6.71. The summed E-state index contributed by atoms with van der Waals surface area (Å²) in [4.78, 5) is 39.8. The van der Waals surface area contributed by atoms with Gasteiger partial charge in [0.15, 0.2) is 5.78 Å². The number of hydrogen-bond donors (Lipinski definition) is 2. The highest BCUT2D eigenvalue weighted by molar-refractivity contribution is 6.08. The van der Waals surface area contributed by atoms with Gasteiger partial charge in [-0.05, 0) is 57.9 Å². The number of ether oxygens (including phenoxy) is 2. The van der Waals surface area contributed by atoms with Crippen LogP contribution < -0.4 is 10.1 Å². The average molecular weight is 386 g/mol. The largest absolute Gasteiger partial charge is 0.489 e. The molecule has 2 aromatic rings. The van der Waals surface area contributed by atoms with E-state index in [4.69, 9.17) is 9.47 Å². The van der Waals surface area contributed by atoms with Crippen molar-refractivity contribution in [1.29, 1.82) is 0 Å². The highest BCUT2D eigenvalue weighted by Crippen LogP contribution is 2.29. The van der Waals surface area contributed by atoms with Crippen LogP contribution in [-0.2, 0) is 11.2 Å². The van der Waals surface area contributed by atoms with Crippen LogP contribution in [0, 0.1) is 6.92 Å². The van der Waals surface area contributed by atoms with Gasteiger partial charge >= 0.3 is 5.97 Å². The molecule has 0 saturated carbocycles. The zero-order chi connectivity index (χ0) is 21.0. The Morgan fingerprint density at radius 3 is 2.43 bits per heavy atom.